The van der Waals surface area contributed by atoms with Gasteiger partial charge in [0.25, 0.3) is 0 Å². The number of hydrogen-bond acceptors (Lipinski definition) is 4. The largest absolute Gasteiger partial charge is 0.380 e. The van der Waals surface area contributed by atoms with Crippen LogP contribution in [0.3, 0.4) is 0 Å². The van der Waals surface area contributed by atoms with Gasteiger partial charge in [0.15, 0.2) is 0 Å². The molecule has 2 fully saturated rings. The van der Waals surface area contributed by atoms with Crippen LogP contribution in [0.1, 0.15) is 33.1 Å². The molecule has 0 aliphatic carbocycles. The van der Waals surface area contributed by atoms with E-state index in [2.05, 4.69) is 23.6 Å². The van der Waals surface area contributed by atoms with E-state index in [-0.39, 0.29) is 0 Å². The molecule has 2 atom stereocenters. The summed E-state index contributed by atoms with van der Waals surface area (Å²) in [7, 11) is 0. The Morgan fingerprint density at radius 1 is 1.26 bits per heavy atom. The van der Waals surface area contributed by atoms with Crippen molar-refractivity contribution >= 4 is 0 Å². The third kappa shape index (κ3) is 5.03. The number of ether oxygens (including phenoxy) is 2. The molecule has 2 unspecified atom stereocenters. The molecule has 0 N–H and O–H groups in total. The Balaban J connectivity index is 1.66. The predicted molar refractivity (Wildman–Crippen MR) is 77.6 cm³/mol. The van der Waals surface area contributed by atoms with Gasteiger partial charge >= 0.3 is 0 Å². The van der Waals surface area contributed by atoms with Crippen LogP contribution < -0.4 is 0 Å². The zero-order valence-corrected chi connectivity index (χ0v) is 12.6. The summed E-state index contributed by atoms with van der Waals surface area (Å²) in [5, 5.41) is 0. The molecule has 2 aliphatic rings. The zero-order chi connectivity index (χ0) is 13.5. The first-order valence-corrected chi connectivity index (χ1v) is 7.95. The van der Waals surface area contributed by atoms with Gasteiger partial charge in [-0.05, 0) is 33.1 Å². The highest BCUT2D eigenvalue weighted by atomic mass is 16.5. The maximum Gasteiger partial charge on any atom is 0.0702 e. The van der Waals surface area contributed by atoms with Crippen molar-refractivity contribution in [3.8, 4) is 0 Å². The Morgan fingerprint density at radius 2 is 2.16 bits per heavy atom. The van der Waals surface area contributed by atoms with E-state index in [4.69, 9.17) is 9.47 Å². The number of hydrogen-bond donors (Lipinski definition) is 0. The van der Waals surface area contributed by atoms with Crippen molar-refractivity contribution in [2.24, 2.45) is 0 Å². The van der Waals surface area contributed by atoms with Crippen molar-refractivity contribution in [1.82, 2.24) is 9.80 Å². The Bertz CT molecular complexity index is 244. The molecule has 0 aromatic heterocycles. The number of piperazine rings is 1. The highest BCUT2D eigenvalue weighted by molar-refractivity contribution is 4.81. The van der Waals surface area contributed by atoms with Crippen LogP contribution >= 0.6 is 0 Å². The first-order valence-electron chi connectivity index (χ1n) is 7.95. The van der Waals surface area contributed by atoms with Gasteiger partial charge in [-0.2, -0.15) is 0 Å². The molecule has 0 aromatic carbocycles. The second-order valence-electron chi connectivity index (χ2n) is 5.83. The lowest BCUT2D eigenvalue weighted by atomic mass is 10.1. The molecule has 2 saturated heterocycles. The molecule has 2 aliphatic heterocycles. The van der Waals surface area contributed by atoms with Crippen molar-refractivity contribution in [3.63, 3.8) is 0 Å². The van der Waals surface area contributed by atoms with Crippen LogP contribution in [-0.4, -0.2) is 74.5 Å². The average molecular weight is 270 g/mol. The van der Waals surface area contributed by atoms with Crippen LogP contribution in [0.4, 0.5) is 0 Å². The Morgan fingerprint density at radius 3 is 2.84 bits per heavy atom. The van der Waals surface area contributed by atoms with Crippen LogP contribution in [0.25, 0.3) is 0 Å². The SMILES string of the molecule is CCOCCN1CCN(CC2CCCCO2)CC1C. The molecule has 19 heavy (non-hydrogen) atoms. The van der Waals surface area contributed by atoms with E-state index in [0.29, 0.717) is 12.1 Å². The summed E-state index contributed by atoms with van der Waals surface area (Å²) in [4.78, 5) is 5.13. The van der Waals surface area contributed by atoms with Crippen molar-refractivity contribution in [3.05, 3.63) is 0 Å². The molecular formula is C15H30N2O2. The predicted octanol–water partition coefficient (Wildman–Crippen LogP) is 1.60. The van der Waals surface area contributed by atoms with Crippen LogP contribution in [0.2, 0.25) is 0 Å². The molecule has 0 spiro atoms. The maximum atomic E-state index is 5.85. The molecule has 0 aromatic rings. The molecule has 0 bridgehead atoms. The third-order valence-corrected chi connectivity index (χ3v) is 4.31. The normalized spacial score (nSPS) is 30.6. The lowest BCUT2D eigenvalue weighted by molar-refractivity contribution is -0.0236. The van der Waals surface area contributed by atoms with Crippen molar-refractivity contribution < 1.29 is 9.47 Å². The molecule has 4 heteroatoms. The van der Waals surface area contributed by atoms with E-state index < -0.39 is 0 Å². The fourth-order valence-corrected chi connectivity index (χ4v) is 3.13. The van der Waals surface area contributed by atoms with Gasteiger partial charge < -0.3 is 9.47 Å². The second-order valence-corrected chi connectivity index (χ2v) is 5.83. The zero-order valence-electron chi connectivity index (χ0n) is 12.6. The van der Waals surface area contributed by atoms with E-state index in [0.717, 1.165) is 32.9 Å². The Labute approximate surface area is 118 Å². The minimum Gasteiger partial charge on any atom is -0.380 e. The van der Waals surface area contributed by atoms with Crippen molar-refractivity contribution in [2.75, 3.05) is 52.5 Å². The highest BCUT2D eigenvalue weighted by Gasteiger charge is 2.25. The molecule has 2 heterocycles. The van der Waals surface area contributed by atoms with E-state index in [1.807, 2.05) is 0 Å². The topological polar surface area (TPSA) is 24.9 Å². The van der Waals surface area contributed by atoms with E-state index in [1.54, 1.807) is 0 Å². The fraction of sp³-hybridized carbons (Fsp3) is 1.00. The van der Waals surface area contributed by atoms with Gasteiger partial charge in [-0.25, -0.2) is 0 Å². The van der Waals surface area contributed by atoms with Gasteiger partial charge in [0, 0.05) is 52.0 Å². The molecule has 0 radical (unpaired) electrons. The summed E-state index contributed by atoms with van der Waals surface area (Å²) in [5.74, 6) is 0. The number of rotatable bonds is 6. The summed E-state index contributed by atoms with van der Waals surface area (Å²) in [6.07, 6.45) is 4.32. The molecule has 0 amide bonds. The van der Waals surface area contributed by atoms with E-state index in [1.165, 1.54) is 38.9 Å². The molecule has 112 valence electrons. The standard InChI is InChI=1S/C15H30N2O2/c1-3-18-11-9-17-8-7-16(12-14(17)2)13-15-6-4-5-10-19-15/h14-15H,3-13H2,1-2H3. The summed E-state index contributed by atoms with van der Waals surface area (Å²) in [5.41, 5.74) is 0. The van der Waals surface area contributed by atoms with E-state index >= 15 is 0 Å². The smallest absolute Gasteiger partial charge is 0.0702 e. The minimum atomic E-state index is 0.482. The van der Waals surface area contributed by atoms with Gasteiger partial charge in [-0.15, -0.1) is 0 Å². The second kappa shape index (κ2) is 8.20. The quantitative estimate of drug-likeness (QED) is 0.685. The van der Waals surface area contributed by atoms with Gasteiger partial charge in [-0.1, -0.05) is 0 Å². The van der Waals surface area contributed by atoms with Gasteiger partial charge in [-0.3, -0.25) is 9.80 Å². The Kier molecular flexibility index (Phi) is 6.57. The monoisotopic (exact) mass is 270 g/mol. The molecule has 2 rings (SSSR count). The maximum absolute atomic E-state index is 5.85. The van der Waals surface area contributed by atoms with Crippen LogP contribution in [0.15, 0.2) is 0 Å². The van der Waals surface area contributed by atoms with E-state index in [9.17, 15) is 0 Å². The lowest BCUT2D eigenvalue weighted by Gasteiger charge is -2.41. The molecular weight excluding hydrogens is 240 g/mol. The Hall–Kier alpha value is -0.160. The first-order chi connectivity index (χ1) is 9.29. The van der Waals surface area contributed by atoms with Gasteiger partial charge in [0.05, 0.1) is 12.7 Å². The first kappa shape index (κ1) is 15.2. The molecule has 4 nitrogen and oxygen atoms in total. The molecule has 0 saturated carbocycles. The van der Waals surface area contributed by atoms with Crippen molar-refractivity contribution in [2.45, 2.75) is 45.3 Å². The van der Waals surface area contributed by atoms with Gasteiger partial charge in [0.2, 0.25) is 0 Å². The lowest BCUT2D eigenvalue weighted by Crippen LogP contribution is -2.54. The summed E-state index contributed by atoms with van der Waals surface area (Å²) < 4.78 is 11.3. The highest BCUT2D eigenvalue weighted by Crippen LogP contribution is 2.16. The summed E-state index contributed by atoms with van der Waals surface area (Å²) >= 11 is 0. The van der Waals surface area contributed by atoms with Crippen LogP contribution in [-0.2, 0) is 9.47 Å². The average Bonchev–Trinajstić information content (AvgIpc) is 2.43. The summed E-state index contributed by atoms with van der Waals surface area (Å²) in [6, 6.07) is 0.637. The van der Waals surface area contributed by atoms with Gasteiger partial charge in [0.1, 0.15) is 0 Å². The third-order valence-electron chi connectivity index (χ3n) is 4.31. The number of nitrogens with zero attached hydrogens (tertiary/aromatic N) is 2. The fourth-order valence-electron chi connectivity index (χ4n) is 3.13. The van der Waals surface area contributed by atoms with Crippen LogP contribution in [0.5, 0.6) is 0 Å². The summed E-state index contributed by atoms with van der Waals surface area (Å²) in [6.45, 7) is 12.8. The van der Waals surface area contributed by atoms with Crippen LogP contribution in [0, 0.1) is 0 Å². The van der Waals surface area contributed by atoms with Crippen molar-refractivity contribution in [1.29, 1.82) is 0 Å². The minimum absolute atomic E-state index is 0.482.